The Bertz CT molecular complexity index is 1120. The average Bonchev–Trinajstić information content (AvgIpc) is 3.13. The highest BCUT2D eigenvalue weighted by atomic mass is 32.3. The van der Waals surface area contributed by atoms with Crippen LogP contribution in [0.15, 0.2) is 70.1 Å². The smallest absolute Gasteiger partial charge is 0.277 e. The molecule has 1 aliphatic heterocycles. The van der Waals surface area contributed by atoms with Crippen LogP contribution in [-0.2, 0) is 24.8 Å². The second kappa shape index (κ2) is 9.99. The van der Waals surface area contributed by atoms with E-state index in [9.17, 15) is 16.8 Å². The van der Waals surface area contributed by atoms with Crippen LogP contribution in [0.1, 0.15) is 57.1 Å². The largest absolute Gasteiger partial charge is 0.365 e. The molecule has 0 aromatic heterocycles. The summed E-state index contributed by atoms with van der Waals surface area (Å²) >= 11 is 0. The summed E-state index contributed by atoms with van der Waals surface area (Å²) in [4.78, 5) is -0.164. The van der Waals surface area contributed by atoms with Crippen molar-refractivity contribution < 1.29 is 21.6 Å². The summed E-state index contributed by atoms with van der Waals surface area (Å²) in [5.74, 6) is 0. The Hall–Kier alpha value is -2.16. The Morgan fingerprint density at radius 3 is 1.76 bits per heavy atom. The highest BCUT2D eigenvalue weighted by Gasteiger charge is 2.42. The molecule has 0 amide bonds. The third-order valence-corrected chi connectivity index (χ3v) is 10.1. The van der Waals surface area contributed by atoms with Crippen molar-refractivity contribution in [3.8, 4) is 0 Å². The molecule has 3 rings (SSSR count). The molecule has 0 saturated carbocycles. The van der Waals surface area contributed by atoms with E-state index in [0.717, 1.165) is 36.8 Å². The molecule has 0 N–H and O–H groups in total. The zero-order valence-electron chi connectivity index (χ0n) is 19.7. The minimum absolute atomic E-state index is 0.0822. The van der Waals surface area contributed by atoms with E-state index in [0.29, 0.717) is 10.1 Å². The summed E-state index contributed by atoms with van der Waals surface area (Å²) < 4.78 is 61.2. The minimum Gasteiger partial charge on any atom is -0.365 e. The fraction of sp³-hybridized carbons (Fsp3) is 0.440. The van der Waals surface area contributed by atoms with Gasteiger partial charge in [-0.05, 0) is 57.5 Å². The summed E-state index contributed by atoms with van der Waals surface area (Å²) in [6, 6.07) is 12.3. The van der Waals surface area contributed by atoms with Gasteiger partial charge in [0, 0.05) is 0 Å². The summed E-state index contributed by atoms with van der Waals surface area (Å²) in [7, 11) is -8.80. The van der Waals surface area contributed by atoms with Crippen LogP contribution in [0.2, 0.25) is 0 Å². The SMILES string of the molecule is CCCCCCC1(C)C=C(N(S(=O)(=O)c2ccc(C)cc2)S(=O)(=O)c2ccc(C)cc2)CO1. The predicted octanol–water partition coefficient (Wildman–Crippen LogP) is 5.33. The molecule has 1 unspecified atom stereocenters. The number of nitrogens with zero attached hydrogens (tertiary/aromatic N) is 1. The topological polar surface area (TPSA) is 80.8 Å². The molecule has 0 radical (unpaired) electrons. The van der Waals surface area contributed by atoms with Gasteiger partial charge in [-0.3, -0.25) is 0 Å². The van der Waals surface area contributed by atoms with Crippen molar-refractivity contribution in [3.05, 3.63) is 71.4 Å². The van der Waals surface area contributed by atoms with E-state index >= 15 is 0 Å². The molecule has 1 atom stereocenters. The highest BCUT2D eigenvalue weighted by Crippen LogP contribution is 2.36. The van der Waals surface area contributed by atoms with E-state index in [1.807, 2.05) is 20.8 Å². The van der Waals surface area contributed by atoms with Gasteiger partial charge in [0.15, 0.2) is 0 Å². The second-order valence-corrected chi connectivity index (χ2v) is 12.7. The average molecular weight is 492 g/mol. The molecule has 0 spiro atoms. The van der Waals surface area contributed by atoms with Crippen molar-refractivity contribution in [3.63, 3.8) is 0 Å². The summed E-state index contributed by atoms with van der Waals surface area (Å²) in [5.41, 5.74) is 1.16. The number of hydrogen-bond donors (Lipinski definition) is 0. The van der Waals surface area contributed by atoms with Crippen LogP contribution in [0.4, 0.5) is 0 Å². The molecular formula is C25H33NO5S2. The van der Waals surface area contributed by atoms with E-state index in [1.54, 1.807) is 30.3 Å². The van der Waals surface area contributed by atoms with Gasteiger partial charge in [-0.25, -0.2) is 16.8 Å². The van der Waals surface area contributed by atoms with Gasteiger partial charge in [0.25, 0.3) is 20.0 Å². The fourth-order valence-corrected chi connectivity index (χ4v) is 7.60. The first kappa shape index (κ1) is 25.5. The molecule has 180 valence electrons. The number of unbranched alkanes of at least 4 members (excludes halogenated alkanes) is 3. The zero-order chi connectivity index (χ0) is 24.3. The Balaban J connectivity index is 2.07. The van der Waals surface area contributed by atoms with Crippen molar-refractivity contribution in [1.82, 2.24) is 3.71 Å². The number of aryl methyl sites for hydroxylation is 2. The summed E-state index contributed by atoms with van der Waals surface area (Å²) in [6.07, 6.45) is 6.55. The van der Waals surface area contributed by atoms with Gasteiger partial charge in [-0.1, -0.05) is 68.0 Å². The molecule has 0 fully saturated rings. The van der Waals surface area contributed by atoms with Gasteiger partial charge in [-0.2, -0.15) is 3.71 Å². The third kappa shape index (κ3) is 5.67. The van der Waals surface area contributed by atoms with E-state index in [-0.39, 0.29) is 22.1 Å². The molecule has 8 heteroatoms. The van der Waals surface area contributed by atoms with E-state index in [1.165, 1.54) is 24.3 Å². The van der Waals surface area contributed by atoms with E-state index < -0.39 is 25.6 Å². The van der Waals surface area contributed by atoms with Crippen LogP contribution in [0, 0.1) is 13.8 Å². The number of sulfonamides is 2. The summed E-state index contributed by atoms with van der Waals surface area (Å²) in [5, 5.41) is 0. The molecule has 2 aromatic carbocycles. The van der Waals surface area contributed by atoms with Gasteiger partial charge in [0.2, 0.25) is 0 Å². The molecule has 6 nitrogen and oxygen atoms in total. The predicted molar refractivity (Wildman–Crippen MR) is 130 cm³/mol. The number of benzene rings is 2. The summed E-state index contributed by atoms with van der Waals surface area (Å²) in [6.45, 7) is 7.60. The molecule has 0 bridgehead atoms. The maximum absolute atomic E-state index is 13.7. The minimum atomic E-state index is -4.40. The Kier molecular flexibility index (Phi) is 7.71. The lowest BCUT2D eigenvalue weighted by Gasteiger charge is -2.24. The van der Waals surface area contributed by atoms with Crippen LogP contribution in [-0.4, -0.2) is 32.8 Å². The fourth-order valence-electron chi connectivity index (χ4n) is 3.88. The first-order valence-electron chi connectivity index (χ1n) is 11.3. The van der Waals surface area contributed by atoms with Crippen molar-refractivity contribution in [2.45, 2.75) is 75.2 Å². The monoisotopic (exact) mass is 491 g/mol. The van der Waals surface area contributed by atoms with Crippen LogP contribution in [0.3, 0.4) is 0 Å². The zero-order valence-corrected chi connectivity index (χ0v) is 21.4. The molecule has 2 aromatic rings. The van der Waals surface area contributed by atoms with E-state index in [4.69, 9.17) is 4.74 Å². The van der Waals surface area contributed by atoms with Crippen molar-refractivity contribution >= 4 is 20.0 Å². The normalized spacial score (nSPS) is 18.8. The molecule has 0 saturated heterocycles. The van der Waals surface area contributed by atoms with Gasteiger partial charge in [0.05, 0.1) is 27.7 Å². The van der Waals surface area contributed by atoms with Gasteiger partial charge in [0.1, 0.15) is 0 Å². The lowest BCUT2D eigenvalue weighted by Crippen LogP contribution is -2.36. The standard InChI is InChI=1S/C25H33NO5S2/c1-5-6-7-8-17-25(4)18-22(19-31-25)26(32(27,28)23-13-9-20(2)10-14-23)33(29,30)24-15-11-21(3)12-16-24/h9-16,18H,5-8,17,19H2,1-4H3. The quantitative estimate of drug-likeness (QED) is 0.420. The number of rotatable bonds is 10. The van der Waals surface area contributed by atoms with E-state index in [2.05, 4.69) is 6.92 Å². The number of hydrogen-bond acceptors (Lipinski definition) is 5. The van der Waals surface area contributed by atoms with Gasteiger partial charge in [-0.15, -0.1) is 0 Å². The molecule has 0 aliphatic carbocycles. The Labute approximate surface area is 198 Å². The maximum atomic E-state index is 13.7. The molecule has 1 aliphatic rings. The molecule has 1 heterocycles. The van der Waals surface area contributed by atoms with Crippen molar-refractivity contribution in [1.29, 1.82) is 0 Å². The van der Waals surface area contributed by atoms with Crippen LogP contribution in [0.5, 0.6) is 0 Å². The van der Waals surface area contributed by atoms with Crippen molar-refractivity contribution in [2.75, 3.05) is 6.61 Å². The van der Waals surface area contributed by atoms with Gasteiger partial charge < -0.3 is 4.74 Å². The Morgan fingerprint density at radius 1 is 0.818 bits per heavy atom. The first-order chi connectivity index (χ1) is 15.5. The van der Waals surface area contributed by atoms with Crippen LogP contribution < -0.4 is 0 Å². The first-order valence-corrected chi connectivity index (χ1v) is 14.2. The second-order valence-electron chi connectivity index (χ2n) is 8.88. The van der Waals surface area contributed by atoms with Crippen LogP contribution >= 0.6 is 0 Å². The Morgan fingerprint density at radius 2 is 1.30 bits per heavy atom. The third-order valence-electron chi connectivity index (χ3n) is 5.86. The lowest BCUT2D eigenvalue weighted by molar-refractivity contribution is 0.0296. The van der Waals surface area contributed by atoms with Crippen LogP contribution in [0.25, 0.3) is 0 Å². The number of ether oxygens (including phenoxy) is 1. The lowest BCUT2D eigenvalue weighted by atomic mass is 9.98. The highest BCUT2D eigenvalue weighted by molar-refractivity contribution is 8.04. The molecular weight excluding hydrogens is 458 g/mol. The van der Waals surface area contributed by atoms with Gasteiger partial charge >= 0.3 is 0 Å². The van der Waals surface area contributed by atoms with Crippen molar-refractivity contribution in [2.24, 2.45) is 0 Å². The molecule has 33 heavy (non-hydrogen) atoms. The maximum Gasteiger partial charge on any atom is 0.277 e.